The first-order chi connectivity index (χ1) is 8.85. The molecular formula is C13H29N3O2S. The molecule has 6 heteroatoms. The van der Waals surface area contributed by atoms with Crippen molar-refractivity contribution in [2.75, 3.05) is 45.0 Å². The second kappa shape index (κ2) is 7.57. The normalized spacial score (nSPS) is 20.9. The number of hydrogen-bond acceptors (Lipinski definition) is 4. The summed E-state index contributed by atoms with van der Waals surface area (Å²) in [4.78, 5) is 2.31. The maximum absolute atomic E-state index is 12.2. The summed E-state index contributed by atoms with van der Waals surface area (Å²) in [5.74, 6) is 1.19. The maximum atomic E-state index is 12.2. The van der Waals surface area contributed by atoms with Crippen molar-refractivity contribution in [3.63, 3.8) is 0 Å². The van der Waals surface area contributed by atoms with Gasteiger partial charge in [0.2, 0.25) is 10.0 Å². The third-order valence-corrected chi connectivity index (χ3v) is 5.55. The summed E-state index contributed by atoms with van der Waals surface area (Å²) in [6.07, 6.45) is 0.743. The summed E-state index contributed by atoms with van der Waals surface area (Å²) in [6, 6.07) is 0. The Morgan fingerprint density at radius 3 is 2.16 bits per heavy atom. The van der Waals surface area contributed by atoms with E-state index in [2.05, 4.69) is 25.7 Å². The molecule has 0 spiro atoms. The van der Waals surface area contributed by atoms with Gasteiger partial charge in [-0.05, 0) is 24.8 Å². The van der Waals surface area contributed by atoms with Crippen LogP contribution < -0.4 is 5.73 Å². The Morgan fingerprint density at radius 1 is 1.11 bits per heavy atom. The molecule has 1 heterocycles. The van der Waals surface area contributed by atoms with Gasteiger partial charge >= 0.3 is 0 Å². The fraction of sp³-hybridized carbons (Fsp3) is 1.00. The number of sulfonamides is 1. The quantitative estimate of drug-likeness (QED) is 0.745. The highest BCUT2D eigenvalue weighted by Gasteiger charge is 2.26. The molecule has 1 fully saturated rings. The van der Waals surface area contributed by atoms with E-state index in [0.717, 1.165) is 26.1 Å². The van der Waals surface area contributed by atoms with Crippen molar-refractivity contribution < 1.29 is 8.42 Å². The highest BCUT2D eigenvalue weighted by molar-refractivity contribution is 7.89. The first-order valence-corrected chi connectivity index (χ1v) is 8.86. The lowest BCUT2D eigenvalue weighted by atomic mass is 10.1. The molecule has 0 amide bonds. The van der Waals surface area contributed by atoms with E-state index in [-0.39, 0.29) is 5.75 Å². The van der Waals surface area contributed by atoms with Crippen molar-refractivity contribution in [3.8, 4) is 0 Å². The first kappa shape index (κ1) is 16.9. The topological polar surface area (TPSA) is 66.6 Å². The van der Waals surface area contributed by atoms with Crippen molar-refractivity contribution in [2.45, 2.75) is 27.2 Å². The molecule has 19 heavy (non-hydrogen) atoms. The van der Waals surface area contributed by atoms with Crippen LogP contribution in [0.5, 0.6) is 0 Å². The highest BCUT2D eigenvalue weighted by Crippen LogP contribution is 2.12. The number of rotatable bonds is 7. The predicted molar refractivity (Wildman–Crippen MR) is 79.5 cm³/mol. The van der Waals surface area contributed by atoms with Gasteiger partial charge in [0.1, 0.15) is 0 Å². The molecule has 1 saturated heterocycles. The average molecular weight is 291 g/mol. The summed E-state index contributed by atoms with van der Waals surface area (Å²) in [6.45, 7) is 10.8. The Bertz CT molecular complexity index is 349. The minimum Gasteiger partial charge on any atom is -0.330 e. The molecule has 0 radical (unpaired) electrons. The van der Waals surface area contributed by atoms with Crippen LogP contribution in [0.15, 0.2) is 0 Å². The number of hydrogen-bond donors (Lipinski definition) is 1. The van der Waals surface area contributed by atoms with Crippen LogP contribution in [0.4, 0.5) is 0 Å². The first-order valence-electron chi connectivity index (χ1n) is 7.25. The van der Waals surface area contributed by atoms with E-state index in [0.29, 0.717) is 31.5 Å². The molecule has 1 aliphatic heterocycles. The van der Waals surface area contributed by atoms with Crippen molar-refractivity contribution in [1.82, 2.24) is 9.21 Å². The third kappa shape index (κ3) is 5.77. The van der Waals surface area contributed by atoms with Gasteiger partial charge < -0.3 is 10.6 Å². The van der Waals surface area contributed by atoms with E-state index in [1.54, 1.807) is 4.31 Å². The highest BCUT2D eigenvalue weighted by atomic mass is 32.2. The van der Waals surface area contributed by atoms with Crippen LogP contribution in [0.1, 0.15) is 27.2 Å². The SMILES string of the molecule is CC(C)CCS(=O)(=O)N1CCN(CC(C)CN)CC1. The molecule has 0 saturated carbocycles. The van der Waals surface area contributed by atoms with E-state index in [1.165, 1.54) is 0 Å². The molecule has 0 aliphatic carbocycles. The van der Waals surface area contributed by atoms with Gasteiger partial charge in [-0.25, -0.2) is 8.42 Å². The van der Waals surface area contributed by atoms with E-state index in [9.17, 15) is 8.42 Å². The Labute approximate surface area is 118 Å². The van der Waals surface area contributed by atoms with E-state index in [1.807, 2.05) is 0 Å². The molecule has 1 atom stereocenters. The smallest absolute Gasteiger partial charge is 0.214 e. The van der Waals surface area contributed by atoms with Gasteiger partial charge in [0.25, 0.3) is 0 Å². The molecule has 1 unspecified atom stereocenters. The van der Waals surface area contributed by atoms with E-state index >= 15 is 0 Å². The molecule has 0 aromatic rings. The van der Waals surface area contributed by atoms with E-state index < -0.39 is 10.0 Å². The molecule has 1 rings (SSSR count). The number of nitrogens with zero attached hydrogens (tertiary/aromatic N) is 2. The van der Waals surface area contributed by atoms with Gasteiger partial charge in [-0.2, -0.15) is 4.31 Å². The molecule has 0 aromatic carbocycles. The summed E-state index contributed by atoms with van der Waals surface area (Å²) in [7, 11) is -3.05. The van der Waals surface area contributed by atoms with Crippen molar-refractivity contribution >= 4 is 10.0 Å². The zero-order chi connectivity index (χ0) is 14.5. The Morgan fingerprint density at radius 2 is 1.68 bits per heavy atom. The lowest BCUT2D eigenvalue weighted by molar-refractivity contribution is 0.169. The Hall–Kier alpha value is -0.170. The molecular weight excluding hydrogens is 262 g/mol. The largest absolute Gasteiger partial charge is 0.330 e. The van der Waals surface area contributed by atoms with Crippen LogP contribution in [0, 0.1) is 11.8 Å². The van der Waals surface area contributed by atoms with Crippen LogP contribution in [0.25, 0.3) is 0 Å². The van der Waals surface area contributed by atoms with Gasteiger partial charge in [0, 0.05) is 32.7 Å². The standard InChI is InChI=1S/C13H29N3O2S/c1-12(2)4-9-19(17,18)16-7-5-15(6-8-16)11-13(3)10-14/h12-13H,4-11,14H2,1-3H3. The number of piperazine rings is 1. The predicted octanol–water partition coefficient (Wildman–Crippen LogP) is 0.575. The minimum absolute atomic E-state index is 0.282. The third-order valence-electron chi connectivity index (χ3n) is 3.65. The monoisotopic (exact) mass is 291 g/mol. The van der Waals surface area contributed by atoms with Crippen LogP contribution in [0.3, 0.4) is 0 Å². The summed E-state index contributed by atoms with van der Waals surface area (Å²) < 4.78 is 26.0. The van der Waals surface area contributed by atoms with Gasteiger partial charge in [-0.1, -0.05) is 20.8 Å². The molecule has 1 aliphatic rings. The zero-order valence-electron chi connectivity index (χ0n) is 12.5. The summed E-state index contributed by atoms with van der Waals surface area (Å²) in [5.41, 5.74) is 5.62. The lowest BCUT2D eigenvalue weighted by Crippen LogP contribution is -2.50. The van der Waals surface area contributed by atoms with Crippen LogP contribution in [-0.4, -0.2) is 62.6 Å². The summed E-state index contributed by atoms with van der Waals surface area (Å²) in [5, 5.41) is 0. The Kier molecular flexibility index (Phi) is 6.73. The molecule has 0 aromatic heterocycles. The maximum Gasteiger partial charge on any atom is 0.214 e. The molecule has 0 bridgehead atoms. The van der Waals surface area contributed by atoms with Gasteiger partial charge in [-0.15, -0.1) is 0 Å². The van der Waals surface area contributed by atoms with Crippen molar-refractivity contribution in [3.05, 3.63) is 0 Å². The summed E-state index contributed by atoms with van der Waals surface area (Å²) >= 11 is 0. The second-order valence-electron chi connectivity index (χ2n) is 6.04. The van der Waals surface area contributed by atoms with E-state index in [4.69, 9.17) is 5.73 Å². The molecule has 5 nitrogen and oxygen atoms in total. The van der Waals surface area contributed by atoms with Crippen LogP contribution in [0.2, 0.25) is 0 Å². The van der Waals surface area contributed by atoms with Crippen molar-refractivity contribution in [2.24, 2.45) is 17.6 Å². The van der Waals surface area contributed by atoms with Crippen LogP contribution >= 0.6 is 0 Å². The van der Waals surface area contributed by atoms with Gasteiger partial charge in [0.05, 0.1) is 5.75 Å². The molecule has 2 N–H and O–H groups in total. The molecule has 114 valence electrons. The minimum atomic E-state index is -3.05. The lowest BCUT2D eigenvalue weighted by Gasteiger charge is -2.35. The number of nitrogens with two attached hydrogens (primary N) is 1. The second-order valence-corrected chi connectivity index (χ2v) is 8.13. The Balaban J connectivity index is 2.40. The average Bonchev–Trinajstić information content (AvgIpc) is 2.37. The van der Waals surface area contributed by atoms with Crippen LogP contribution in [-0.2, 0) is 10.0 Å². The fourth-order valence-corrected chi connectivity index (χ4v) is 3.97. The zero-order valence-corrected chi connectivity index (χ0v) is 13.3. The fourth-order valence-electron chi connectivity index (χ4n) is 2.22. The van der Waals surface area contributed by atoms with Gasteiger partial charge in [-0.3, -0.25) is 0 Å². The van der Waals surface area contributed by atoms with Crippen molar-refractivity contribution in [1.29, 1.82) is 0 Å². The van der Waals surface area contributed by atoms with Gasteiger partial charge in [0.15, 0.2) is 0 Å².